The quantitative estimate of drug-likeness (QED) is 0.202. The monoisotopic (exact) mass is 545 g/mol. The van der Waals surface area contributed by atoms with Crippen molar-refractivity contribution in [1.29, 1.82) is 0 Å². The third kappa shape index (κ3) is 6.57. The Kier molecular flexibility index (Phi) is 8.52. The van der Waals surface area contributed by atoms with Crippen LogP contribution >= 0.6 is 11.3 Å². The molecule has 5 N–H and O–H groups in total. The standard InChI is InChI=1S/C28H27N5O5S/c1-16-24(26(36)33-21(27(37)38)15-29-25(35)23-12-7-13-39-23)17(2)32-28(31-16)30-14-18-8-3-4-9-19(18)20-10-5-6-11-22(20)34/h3-13,21,34H,14-15H2,1-2H3,(H,29,35)(H,33,36)(H,37,38)(H,30,31,32). The first-order valence-corrected chi connectivity index (χ1v) is 12.9. The minimum absolute atomic E-state index is 0.158. The first-order valence-electron chi connectivity index (χ1n) is 12.1. The largest absolute Gasteiger partial charge is 0.507 e. The van der Waals surface area contributed by atoms with E-state index in [4.69, 9.17) is 0 Å². The van der Waals surface area contributed by atoms with Crippen LogP contribution in [0.25, 0.3) is 11.1 Å². The van der Waals surface area contributed by atoms with E-state index in [-0.39, 0.29) is 17.9 Å². The SMILES string of the molecule is Cc1nc(NCc2ccccc2-c2ccccc2O)nc(C)c1C(=O)NC(CNC(=O)c1cccs1)C(=O)O. The lowest BCUT2D eigenvalue weighted by Crippen LogP contribution is -2.48. The van der Waals surface area contributed by atoms with Gasteiger partial charge in [-0.1, -0.05) is 48.5 Å². The summed E-state index contributed by atoms with van der Waals surface area (Å²) in [5, 5.41) is 29.8. The summed E-state index contributed by atoms with van der Waals surface area (Å²) in [7, 11) is 0. The molecule has 11 heteroatoms. The fourth-order valence-electron chi connectivity index (χ4n) is 4.06. The lowest BCUT2D eigenvalue weighted by atomic mass is 9.99. The number of hydrogen-bond donors (Lipinski definition) is 5. The van der Waals surface area contributed by atoms with Gasteiger partial charge < -0.3 is 26.2 Å². The molecule has 2 heterocycles. The number of phenols is 1. The van der Waals surface area contributed by atoms with E-state index in [1.165, 1.54) is 11.3 Å². The summed E-state index contributed by atoms with van der Waals surface area (Å²) in [4.78, 5) is 46.1. The predicted molar refractivity (Wildman–Crippen MR) is 148 cm³/mol. The van der Waals surface area contributed by atoms with Gasteiger partial charge in [0.25, 0.3) is 11.8 Å². The van der Waals surface area contributed by atoms with Gasteiger partial charge in [0.1, 0.15) is 11.8 Å². The van der Waals surface area contributed by atoms with Gasteiger partial charge in [0.2, 0.25) is 5.95 Å². The Balaban J connectivity index is 1.45. The Morgan fingerprint density at radius 2 is 1.56 bits per heavy atom. The number of nitrogens with zero attached hydrogens (tertiary/aromatic N) is 2. The van der Waals surface area contributed by atoms with Gasteiger partial charge >= 0.3 is 5.97 Å². The number of thiophene rings is 1. The van der Waals surface area contributed by atoms with Crippen molar-refractivity contribution in [1.82, 2.24) is 20.6 Å². The molecule has 0 aliphatic carbocycles. The van der Waals surface area contributed by atoms with Gasteiger partial charge in [-0.2, -0.15) is 0 Å². The molecule has 1 atom stereocenters. The second-order valence-corrected chi connectivity index (χ2v) is 9.62. The number of hydrogen-bond acceptors (Lipinski definition) is 8. The van der Waals surface area contributed by atoms with E-state index in [0.29, 0.717) is 34.3 Å². The number of aromatic hydroxyl groups is 1. The molecule has 2 amide bonds. The molecule has 0 bridgehead atoms. The zero-order chi connectivity index (χ0) is 27.9. The minimum atomic E-state index is -1.34. The van der Waals surface area contributed by atoms with E-state index < -0.39 is 23.8 Å². The van der Waals surface area contributed by atoms with Gasteiger partial charge in [-0.05, 0) is 42.5 Å². The zero-order valence-corrected chi connectivity index (χ0v) is 22.1. The zero-order valence-electron chi connectivity index (χ0n) is 21.3. The van der Waals surface area contributed by atoms with Crippen molar-refractivity contribution in [3.8, 4) is 16.9 Å². The number of benzene rings is 2. The molecule has 4 aromatic rings. The van der Waals surface area contributed by atoms with Gasteiger partial charge in [-0.3, -0.25) is 9.59 Å². The number of aromatic nitrogens is 2. The summed E-state index contributed by atoms with van der Waals surface area (Å²) in [6.45, 7) is 3.35. The summed E-state index contributed by atoms with van der Waals surface area (Å²) in [5.41, 5.74) is 3.36. The number of aryl methyl sites for hydroxylation is 2. The van der Waals surface area contributed by atoms with E-state index in [0.717, 1.165) is 11.1 Å². The van der Waals surface area contributed by atoms with Crippen LogP contribution in [0, 0.1) is 13.8 Å². The molecule has 0 aliphatic heterocycles. The summed E-state index contributed by atoms with van der Waals surface area (Å²) in [5.74, 6) is -1.88. The van der Waals surface area contributed by atoms with Crippen LogP contribution in [-0.4, -0.2) is 50.6 Å². The molecule has 0 saturated carbocycles. The molecule has 0 saturated heterocycles. The smallest absolute Gasteiger partial charge is 0.328 e. The second kappa shape index (κ2) is 12.2. The van der Waals surface area contributed by atoms with Gasteiger partial charge in [0.05, 0.1) is 21.8 Å². The van der Waals surface area contributed by atoms with Crippen molar-refractivity contribution in [2.45, 2.75) is 26.4 Å². The maximum Gasteiger partial charge on any atom is 0.328 e. The number of amides is 2. The number of para-hydroxylation sites is 1. The first kappa shape index (κ1) is 27.3. The molecule has 0 spiro atoms. The summed E-state index contributed by atoms with van der Waals surface area (Å²) >= 11 is 1.23. The highest BCUT2D eigenvalue weighted by molar-refractivity contribution is 7.12. The molecule has 200 valence electrons. The average molecular weight is 546 g/mol. The number of carboxylic acid groups (broad SMARTS) is 1. The van der Waals surface area contributed by atoms with Crippen LogP contribution in [0.2, 0.25) is 0 Å². The highest BCUT2D eigenvalue weighted by atomic mass is 32.1. The van der Waals surface area contributed by atoms with Crippen molar-refractivity contribution in [2.24, 2.45) is 0 Å². The number of phenolic OH excluding ortho intramolecular Hbond substituents is 1. The van der Waals surface area contributed by atoms with E-state index in [1.807, 2.05) is 36.4 Å². The number of carboxylic acids is 1. The van der Waals surface area contributed by atoms with Crippen LogP contribution < -0.4 is 16.0 Å². The molecule has 2 aromatic heterocycles. The fourth-order valence-corrected chi connectivity index (χ4v) is 4.70. The van der Waals surface area contributed by atoms with Crippen molar-refractivity contribution >= 4 is 35.1 Å². The lowest BCUT2D eigenvalue weighted by Gasteiger charge is -2.17. The Bertz CT molecular complexity index is 1480. The molecule has 2 aromatic carbocycles. The Morgan fingerprint density at radius 3 is 2.21 bits per heavy atom. The number of nitrogens with one attached hydrogen (secondary N) is 3. The molecule has 0 fully saturated rings. The number of aliphatic carboxylic acids is 1. The van der Waals surface area contributed by atoms with Gasteiger partial charge in [0.15, 0.2) is 0 Å². The minimum Gasteiger partial charge on any atom is -0.507 e. The van der Waals surface area contributed by atoms with Crippen LogP contribution in [0.5, 0.6) is 5.75 Å². The number of carbonyl (C=O) groups is 3. The van der Waals surface area contributed by atoms with E-state index >= 15 is 0 Å². The maximum absolute atomic E-state index is 13.0. The number of carbonyl (C=O) groups excluding carboxylic acids is 2. The predicted octanol–water partition coefficient (Wildman–Crippen LogP) is 3.75. The Hall–Kier alpha value is -4.77. The second-order valence-electron chi connectivity index (χ2n) is 8.67. The fraction of sp³-hybridized carbons (Fsp3) is 0.179. The first-order chi connectivity index (χ1) is 18.7. The highest BCUT2D eigenvalue weighted by Crippen LogP contribution is 2.31. The molecule has 1 unspecified atom stereocenters. The van der Waals surface area contributed by atoms with Crippen LogP contribution in [0.3, 0.4) is 0 Å². The summed E-state index contributed by atoms with van der Waals surface area (Å²) in [6, 6.07) is 16.7. The molecular weight excluding hydrogens is 518 g/mol. The maximum atomic E-state index is 13.0. The van der Waals surface area contributed by atoms with Crippen LogP contribution in [0.1, 0.15) is 37.0 Å². The molecule has 0 radical (unpaired) electrons. The molecule has 0 aliphatic rings. The number of rotatable bonds is 10. The van der Waals surface area contributed by atoms with Crippen LogP contribution in [0.4, 0.5) is 5.95 Å². The average Bonchev–Trinajstić information content (AvgIpc) is 3.45. The molecule has 4 rings (SSSR count). The topological polar surface area (TPSA) is 154 Å². The highest BCUT2D eigenvalue weighted by Gasteiger charge is 2.25. The summed E-state index contributed by atoms with van der Waals surface area (Å²) < 4.78 is 0. The van der Waals surface area contributed by atoms with Crippen LogP contribution in [-0.2, 0) is 11.3 Å². The van der Waals surface area contributed by atoms with Gasteiger partial charge in [0, 0.05) is 18.7 Å². The number of anilines is 1. The lowest BCUT2D eigenvalue weighted by molar-refractivity contribution is -0.139. The molecule has 39 heavy (non-hydrogen) atoms. The summed E-state index contributed by atoms with van der Waals surface area (Å²) in [6.07, 6.45) is 0. The van der Waals surface area contributed by atoms with Crippen molar-refractivity contribution in [2.75, 3.05) is 11.9 Å². The van der Waals surface area contributed by atoms with Gasteiger partial charge in [-0.25, -0.2) is 14.8 Å². The van der Waals surface area contributed by atoms with Crippen molar-refractivity contribution < 1.29 is 24.6 Å². The van der Waals surface area contributed by atoms with E-state index in [1.54, 1.807) is 43.5 Å². The van der Waals surface area contributed by atoms with Gasteiger partial charge in [-0.15, -0.1) is 11.3 Å². The van der Waals surface area contributed by atoms with Crippen molar-refractivity contribution in [3.05, 3.63) is 93.4 Å². The van der Waals surface area contributed by atoms with E-state index in [9.17, 15) is 24.6 Å². The normalized spacial score (nSPS) is 11.4. The van der Waals surface area contributed by atoms with Crippen LogP contribution in [0.15, 0.2) is 66.0 Å². The molecule has 10 nitrogen and oxygen atoms in total. The Labute approximate surface area is 228 Å². The third-order valence-electron chi connectivity index (χ3n) is 5.96. The third-order valence-corrected chi connectivity index (χ3v) is 6.83. The molecular formula is C28H27N5O5S. The van der Waals surface area contributed by atoms with E-state index in [2.05, 4.69) is 25.9 Å². The van der Waals surface area contributed by atoms with Crippen molar-refractivity contribution in [3.63, 3.8) is 0 Å². The Morgan fingerprint density at radius 1 is 0.897 bits per heavy atom.